The highest BCUT2D eigenvalue weighted by molar-refractivity contribution is 5.74. The molecular formula is C17H30N2O3. The van der Waals surface area contributed by atoms with Crippen molar-refractivity contribution in [1.82, 2.24) is 10.2 Å². The normalized spacial score (nSPS) is 33.3. The predicted molar refractivity (Wildman–Crippen MR) is 84.7 cm³/mol. The van der Waals surface area contributed by atoms with Gasteiger partial charge in [0, 0.05) is 25.6 Å². The van der Waals surface area contributed by atoms with Crippen LogP contribution < -0.4 is 5.32 Å². The Kier molecular flexibility index (Phi) is 5.58. The summed E-state index contributed by atoms with van der Waals surface area (Å²) < 4.78 is 6.30. The minimum absolute atomic E-state index is 0.0304. The maximum atomic E-state index is 12.4. The average Bonchev–Trinajstić information content (AvgIpc) is 3.20. The first kappa shape index (κ1) is 16.1. The minimum Gasteiger partial charge on any atom is -0.396 e. The molecule has 0 aromatic rings. The van der Waals surface area contributed by atoms with Crippen molar-refractivity contribution < 1.29 is 14.6 Å². The zero-order valence-corrected chi connectivity index (χ0v) is 13.5. The van der Waals surface area contributed by atoms with E-state index in [-0.39, 0.29) is 30.7 Å². The van der Waals surface area contributed by atoms with Gasteiger partial charge in [-0.05, 0) is 32.1 Å². The lowest BCUT2D eigenvalue weighted by Crippen LogP contribution is -2.51. The second-order valence-corrected chi connectivity index (χ2v) is 7.20. The van der Waals surface area contributed by atoms with Crippen LogP contribution in [0.1, 0.15) is 57.8 Å². The molecule has 0 bridgehead atoms. The highest BCUT2D eigenvalue weighted by atomic mass is 16.5. The van der Waals surface area contributed by atoms with Gasteiger partial charge in [-0.2, -0.15) is 0 Å². The number of hydrogen-bond acceptors (Lipinski definition) is 3. The molecule has 3 fully saturated rings. The molecular weight excluding hydrogens is 280 g/mol. The Bertz CT molecular complexity index is 371. The van der Waals surface area contributed by atoms with E-state index in [4.69, 9.17) is 4.74 Å². The molecule has 2 amide bonds. The van der Waals surface area contributed by atoms with Crippen LogP contribution in [-0.2, 0) is 4.74 Å². The van der Waals surface area contributed by atoms with Crippen LogP contribution in [0.2, 0.25) is 0 Å². The second-order valence-electron chi connectivity index (χ2n) is 7.20. The van der Waals surface area contributed by atoms with Crippen molar-refractivity contribution >= 4 is 6.03 Å². The van der Waals surface area contributed by atoms with Crippen LogP contribution in [0.5, 0.6) is 0 Å². The van der Waals surface area contributed by atoms with Gasteiger partial charge in [0.2, 0.25) is 0 Å². The van der Waals surface area contributed by atoms with Crippen molar-refractivity contribution in [2.45, 2.75) is 76.0 Å². The van der Waals surface area contributed by atoms with Crippen molar-refractivity contribution in [2.24, 2.45) is 5.92 Å². The number of aliphatic hydroxyl groups excluding tert-OH is 1. The number of aliphatic hydroxyl groups is 1. The molecule has 1 heterocycles. The third kappa shape index (κ3) is 3.93. The number of carbonyl (C=O) groups is 1. The van der Waals surface area contributed by atoms with Gasteiger partial charge >= 0.3 is 6.03 Å². The van der Waals surface area contributed by atoms with E-state index in [0.717, 1.165) is 25.8 Å². The number of nitrogens with zero attached hydrogens (tertiary/aromatic N) is 1. The summed E-state index contributed by atoms with van der Waals surface area (Å²) in [6.07, 6.45) is 10.9. The van der Waals surface area contributed by atoms with Crippen molar-refractivity contribution in [3.05, 3.63) is 0 Å². The number of likely N-dealkylation sites (tertiary alicyclic amines) is 1. The van der Waals surface area contributed by atoms with E-state index in [1.165, 1.54) is 38.5 Å². The molecule has 1 saturated heterocycles. The number of rotatable bonds is 4. The molecule has 22 heavy (non-hydrogen) atoms. The standard InChI is InChI=1S/C17H30N2O3/c20-12-13-9-10-19(11-13)17(21)18-15-7-3-4-8-16(15)22-14-5-1-2-6-14/h13-16,20H,1-12H2,(H,18,21). The van der Waals surface area contributed by atoms with Crippen molar-refractivity contribution in [1.29, 1.82) is 0 Å². The molecule has 2 aliphatic carbocycles. The molecule has 0 spiro atoms. The fourth-order valence-electron chi connectivity index (χ4n) is 4.11. The summed E-state index contributed by atoms with van der Waals surface area (Å²) in [5.41, 5.74) is 0. The maximum Gasteiger partial charge on any atom is 0.317 e. The summed E-state index contributed by atoms with van der Waals surface area (Å²) in [4.78, 5) is 14.3. The summed E-state index contributed by atoms with van der Waals surface area (Å²) >= 11 is 0. The van der Waals surface area contributed by atoms with E-state index in [2.05, 4.69) is 5.32 Å². The fourth-order valence-corrected chi connectivity index (χ4v) is 4.11. The minimum atomic E-state index is 0.0304. The Labute approximate surface area is 133 Å². The van der Waals surface area contributed by atoms with E-state index < -0.39 is 0 Å². The van der Waals surface area contributed by atoms with Crippen LogP contribution in [0.4, 0.5) is 4.79 Å². The van der Waals surface area contributed by atoms with E-state index >= 15 is 0 Å². The van der Waals surface area contributed by atoms with Crippen LogP contribution >= 0.6 is 0 Å². The number of carbonyl (C=O) groups excluding carboxylic acids is 1. The number of ether oxygens (including phenoxy) is 1. The SMILES string of the molecule is O=C(NC1CCCCC1OC1CCCC1)N1CCC(CO)C1. The van der Waals surface area contributed by atoms with Crippen LogP contribution in [0.25, 0.3) is 0 Å². The second kappa shape index (κ2) is 7.64. The summed E-state index contributed by atoms with van der Waals surface area (Å²) in [6, 6.07) is 0.192. The number of nitrogens with one attached hydrogen (secondary N) is 1. The van der Waals surface area contributed by atoms with Crippen molar-refractivity contribution in [2.75, 3.05) is 19.7 Å². The smallest absolute Gasteiger partial charge is 0.317 e. The lowest BCUT2D eigenvalue weighted by Gasteiger charge is -2.35. The number of urea groups is 1. The number of hydrogen-bond donors (Lipinski definition) is 2. The Balaban J connectivity index is 1.51. The van der Waals surface area contributed by atoms with E-state index in [0.29, 0.717) is 12.6 Å². The van der Waals surface area contributed by atoms with Gasteiger partial charge in [0.25, 0.3) is 0 Å². The average molecular weight is 310 g/mol. The Hall–Kier alpha value is -0.810. The summed E-state index contributed by atoms with van der Waals surface area (Å²) in [6.45, 7) is 1.63. The molecule has 3 rings (SSSR count). The van der Waals surface area contributed by atoms with Crippen molar-refractivity contribution in [3.63, 3.8) is 0 Å². The third-order valence-corrected chi connectivity index (χ3v) is 5.51. The fraction of sp³-hybridized carbons (Fsp3) is 0.941. The highest BCUT2D eigenvalue weighted by Crippen LogP contribution is 2.28. The monoisotopic (exact) mass is 310 g/mol. The molecule has 1 aliphatic heterocycles. The highest BCUT2D eigenvalue weighted by Gasteiger charge is 2.33. The lowest BCUT2D eigenvalue weighted by molar-refractivity contribution is -0.0416. The zero-order chi connectivity index (χ0) is 15.4. The molecule has 0 aromatic carbocycles. The molecule has 2 N–H and O–H groups in total. The van der Waals surface area contributed by atoms with Gasteiger partial charge in [-0.3, -0.25) is 0 Å². The van der Waals surface area contributed by atoms with Gasteiger partial charge in [-0.1, -0.05) is 25.7 Å². The van der Waals surface area contributed by atoms with Crippen LogP contribution in [-0.4, -0.2) is 54.0 Å². The first-order valence-electron chi connectivity index (χ1n) is 9.08. The molecule has 5 nitrogen and oxygen atoms in total. The predicted octanol–water partition coefficient (Wildman–Crippen LogP) is 2.28. The van der Waals surface area contributed by atoms with Crippen molar-refractivity contribution in [3.8, 4) is 0 Å². The topological polar surface area (TPSA) is 61.8 Å². The summed E-state index contributed by atoms with van der Waals surface area (Å²) in [5, 5.41) is 12.4. The number of amides is 2. The van der Waals surface area contributed by atoms with Gasteiger partial charge < -0.3 is 20.1 Å². The molecule has 2 saturated carbocycles. The third-order valence-electron chi connectivity index (χ3n) is 5.51. The molecule has 0 aromatic heterocycles. The molecule has 3 atom stereocenters. The van der Waals surface area contributed by atoms with Gasteiger partial charge in [0.15, 0.2) is 0 Å². The molecule has 0 radical (unpaired) electrons. The van der Waals surface area contributed by atoms with E-state index in [1.807, 2.05) is 4.90 Å². The first-order valence-corrected chi connectivity index (χ1v) is 9.08. The van der Waals surface area contributed by atoms with Crippen LogP contribution in [0.15, 0.2) is 0 Å². The lowest BCUT2D eigenvalue weighted by atomic mass is 9.92. The quantitative estimate of drug-likeness (QED) is 0.837. The maximum absolute atomic E-state index is 12.4. The zero-order valence-electron chi connectivity index (χ0n) is 13.5. The Morgan fingerprint density at radius 1 is 1.09 bits per heavy atom. The Morgan fingerprint density at radius 3 is 2.55 bits per heavy atom. The molecule has 3 aliphatic rings. The van der Waals surface area contributed by atoms with Gasteiger partial charge in [0.05, 0.1) is 18.2 Å². The molecule has 126 valence electrons. The van der Waals surface area contributed by atoms with E-state index in [1.54, 1.807) is 0 Å². The largest absolute Gasteiger partial charge is 0.396 e. The van der Waals surface area contributed by atoms with Gasteiger partial charge in [-0.25, -0.2) is 4.79 Å². The van der Waals surface area contributed by atoms with Crippen LogP contribution in [0, 0.1) is 5.92 Å². The first-order chi connectivity index (χ1) is 10.8. The van der Waals surface area contributed by atoms with Crippen LogP contribution in [0.3, 0.4) is 0 Å². The summed E-state index contributed by atoms with van der Waals surface area (Å²) in [7, 11) is 0. The summed E-state index contributed by atoms with van der Waals surface area (Å²) in [5.74, 6) is 0.252. The van der Waals surface area contributed by atoms with E-state index in [9.17, 15) is 9.90 Å². The molecule has 3 unspecified atom stereocenters. The Morgan fingerprint density at radius 2 is 1.82 bits per heavy atom. The van der Waals surface area contributed by atoms with Gasteiger partial charge in [-0.15, -0.1) is 0 Å². The van der Waals surface area contributed by atoms with Gasteiger partial charge in [0.1, 0.15) is 0 Å². The molecule has 5 heteroatoms.